The number of aromatic nitrogens is 4. The maximum atomic E-state index is 12.1. The van der Waals surface area contributed by atoms with E-state index in [1.165, 1.54) is 11.8 Å². The number of aryl methyl sites for hydroxylation is 1. The van der Waals surface area contributed by atoms with E-state index in [9.17, 15) is 9.59 Å². The molecule has 3 N–H and O–H groups in total. The van der Waals surface area contributed by atoms with Gasteiger partial charge < -0.3 is 20.3 Å². The van der Waals surface area contributed by atoms with Crippen molar-refractivity contribution in [3.8, 4) is 0 Å². The second-order valence-electron chi connectivity index (χ2n) is 10.8. The fourth-order valence-corrected chi connectivity index (χ4v) is 5.58. The van der Waals surface area contributed by atoms with Crippen LogP contribution in [0.4, 0.5) is 23.1 Å². The molecular formula is C30H40N8O3S. The highest BCUT2D eigenvalue weighted by Crippen LogP contribution is 2.32. The molecule has 2 aliphatic rings. The van der Waals surface area contributed by atoms with Crippen LogP contribution in [-0.2, 0) is 14.3 Å². The zero-order valence-corrected chi connectivity index (χ0v) is 25.2. The summed E-state index contributed by atoms with van der Waals surface area (Å²) in [7, 11) is 0. The van der Waals surface area contributed by atoms with Crippen LogP contribution in [0, 0.1) is 12.8 Å². The zero-order valence-electron chi connectivity index (χ0n) is 24.4. The number of carbonyl (C=O) groups is 2. The summed E-state index contributed by atoms with van der Waals surface area (Å²) in [6.07, 6.45) is 5.45. The number of hydrogen-bond donors (Lipinski definition) is 3. The Hall–Kier alpha value is -3.64. The first-order valence-electron chi connectivity index (χ1n) is 14.8. The monoisotopic (exact) mass is 592 g/mol. The highest BCUT2D eigenvalue weighted by atomic mass is 32.2. The van der Waals surface area contributed by atoms with Gasteiger partial charge >= 0.3 is 5.97 Å². The zero-order chi connectivity index (χ0) is 29.3. The molecule has 224 valence electrons. The molecule has 1 saturated carbocycles. The Balaban J connectivity index is 1.19. The number of nitrogens with one attached hydrogen (secondary N) is 3. The smallest absolute Gasteiger partial charge is 0.305 e. The Bertz CT molecular complexity index is 1340. The third-order valence-electron chi connectivity index (χ3n) is 7.29. The van der Waals surface area contributed by atoms with Crippen molar-refractivity contribution in [1.29, 1.82) is 0 Å². The summed E-state index contributed by atoms with van der Waals surface area (Å²) in [4.78, 5) is 39.1. The molecule has 0 radical (unpaired) electrons. The summed E-state index contributed by atoms with van der Waals surface area (Å²) in [5.41, 5.74) is 1.77. The van der Waals surface area contributed by atoms with Gasteiger partial charge in [0, 0.05) is 66.9 Å². The number of piperazine rings is 1. The van der Waals surface area contributed by atoms with Crippen molar-refractivity contribution in [2.75, 3.05) is 54.9 Å². The molecule has 1 aromatic carbocycles. The van der Waals surface area contributed by atoms with Gasteiger partial charge in [0.25, 0.3) is 0 Å². The molecule has 1 saturated heterocycles. The number of rotatable bonds is 14. The third-order valence-corrected chi connectivity index (χ3v) is 8.16. The maximum Gasteiger partial charge on any atom is 0.305 e. The molecule has 2 fully saturated rings. The van der Waals surface area contributed by atoms with Crippen molar-refractivity contribution < 1.29 is 14.3 Å². The van der Waals surface area contributed by atoms with Gasteiger partial charge in [-0.25, -0.2) is 9.97 Å². The molecule has 2 aromatic heterocycles. The SMILES string of the molecule is CCOC(=O)CCCCCN1CCN(c2cc(Nc3cc(C)[nH]n3)nc(Sc3ccc(NC(=O)C4CC4)cc3)n2)CC1. The predicted octanol–water partition coefficient (Wildman–Crippen LogP) is 5.00. The van der Waals surface area contributed by atoms with Crippen molar-refractivity contribution >= 4 is 46.8 Å². The molecule has 0 spiro atoms. The Morgan fingerprint density at radius 3 is 2.50 bits per heavy atom. The number of anilines is 4. The van der Waals surface area contributed by atoms with Crippen LogP contribution in [-0.4, -0.2) is 76.3 Å². The average Bonchev–Trinajstić information content (AvgIpc) is 3.76. The summed E-state index contributed by atoms with van der Waals surface area (Å²) in [5, 5.41) is 14.2. The molecular weight excluding hydrogens is 552 g/mol. The molecule has 5 rings (SSSR count). The van der Waals surface area contributed by atoms with Crippen molar-refractivity contribution in [1.82, 2.24) is 25.1 Å². The van der Waals surface area contributed by atoms with Gasteiger partial charge in [0.2, 0.25) is 5.91 Å². The Morgan fingerprint density at radius 1 is 1.02 bits per heavy atom. The van der Waals surface area contributed by atoms with Crippen LogP contribution >= 0.6 is 11.8 Å². The van der Waals surface area contributed by atoms with Gasteiger partial charge in [0.1, 0.15) is 11.6 Å². The lowest BCUT2D eigenvalue weighted by molar-refractivity contribution is -0.143. The van der Waals surface area contributed by atoms with Crippen LogP contribution in [0.5, 0.6) is 0 Å². The van der Waals surface area contributed by atoms with Crippen molar-refractivity contribution in [3.05, 3.63) is 42.1 Å². The largest absolute Gasteiger partial charge is 0.466 e. The number of unbranched alkanes of at least 4 members (excludes halogenated alkanes) is 2. The van der Waals surface area contributed by atoms with Crippen molar-refractivity contribution in [2.45, 2.75) is 62.4 Å². The highest BCUT2D eigenvalue weighted by molar-refractivity contribution is 7.99. The second kappa shape index (κ2) is 14.5. The molecule has 0 unspecified atom stereocenters. The molecule has 1 aliphatic heterocycles. The number of H-pyrrole nitrogens is 1. The molecule has 1 aliphatic carbocycles. The lowest BCUT2D eigenvalue weighted by Crippen LogP contribution is -2.47. The van der Waals surface area contributed by atoms with Gasteiger partial charge in [-0.05, 0) is 82.1 Å². The standard InChI is InChI=1S/C30H40N8O3S/c1-3-41-28(39)7-5-4-6-14-37-15-17-38(18-16-37)27-20-25(32-26-19-21(2)35-36-26)33-30(34-27)42-24-12-10-23(11-13-24)31-29(40)22-8-9-22/h10-13,19-20,22H,3-9,14-18H2,1-2H3,(H,31,40)(H2,32,33,34,35,36). The van der Waals surface area contributed by atoms with Crippen molar-refractivity contribution in [3.63, 3.8) is 0 Å². The summed E-state index contributed by atoms with van der Waals surface area (Å²) >= 11 is 1.49. The molecule has 3 heterocycles. The number of hydrogen-bond acceptors (Lipinski definition) is 10. The minimum atomic E-state index is -0.0980. The van der Waals surface area contributed by atoms with Crippen LogP contribution in [0.15, 0.2) is 46.5 Å². The number of benzene rings is 1. The second-order valence-corrected chi connectivity index (χ2v) is 11.8. The quantitative estimate of drug-likeness (QED) is 0.134. The predicted molar refractivity (Wildman–Crippen MR) is 164 cm³/mol. The summed E-state index contributed by atoms with van der Waals surface area (Å²) < 4.78 is 5.01. The maximum absolute atomic E-state index is 12.1. The number of esters is 1. The van der Waals surface area contributed by atoms with Gasteiger partial charge in [-0.15, -0.1) is 0 Å². The van der Waals surface area contributed by atoms with E-state index >= 15 is 0 Å². The summed E-state index contributed by atoms with van der Waals surface area (Å²) in [5.74, 6) is 2.45. The lowest BCUT2D eigenvalue weighted by atomic mass is 10.2. The molecule has 0 atom stereocenters. The van der Waals surface area contributed by atoms with Crippen LogP contribution in [0.1, 0.15) is 51.1 Å². The van der Waals surface area contributed by atoms with E-state index in [-0.39, 0.29) is 17.8 Å². The first kappa shape index (κ1) is 29.8. The fraction of sp³-hybridized carbons (Fsp3) is 0.500. The van der Waals surface area contributed by atoms with E-state index in [4.69, 9.17) is 14.7 Å². The van der Waals surface area contributed by atoms with E-state index in [1.807, 2.05) is 50.2 Å². The Labute approximate surface area is 251 Å². The van der Waals surface area contributed by atoms with Crippen molar-refractivity contribution in [2.24, 2.45) is 5.92 Å². The summed E-state index contributed by atoms with van der Waals surface area (Å²) in [6, 6.07) is 11.7. The van der Waals surface area contributed by atoms with E-state index in [2.05, 4.69) is 30.6 Å². The number of amides is 1. The van der Waals surface area contributed by atoms with Crippen LogP contribution < -0.4 is 15.5 Å². The normalized spacial score (nSPS) is 15.4. The molecule has 42 heavy (non-hydrogen) atoms. The van der Waals surface area contributed by atoms with E-state index in [1.54, 1.807) is 0 Å². The number of nitrogens with zero attached hydrogens (tertiary/aromatic N) is 5. The Kier molecular flexibility index (Phi) is 10.3. The number of ether oxygens (including phenoxy) is 1. The van der Waals surface area contributed by atoms with Gasteiger partial charge in [-0.3, -0.25) is 19.6 Å². The van der Waals surface area contributed by atoms with E-state index in [0.717, 1.165) is 86.9 Å². The van der Waals surface area contributed by atoms with Gasteiger partial charge in [-0.1, -0.05) is 6.42 Å². The highest BCUT2D eigenvalue weighted by Gasteiger charge is 2.29. The third kappa shape index (κ3) is 8.93. The van der Waals surface area contributed by atoms with E-state index < -0.39 is 0 Å². The Morgan fingerprint density at radius 2 is 1.81 bits per heavy atom. The van der Waals surface area contributed by atoms with Crippen LogP contribution in [0.3, 0.4) is 0 Å². The molecule has 11 nitrogen and oxygen atoms in total. The summed E-state index contributed by atoms with van der Waals surface area (Å²) in [6.45, 7) is 8.95. The van der Waals surface area contributed by atoms with Crippen LogP contribution in [0.2, 0.25) is 0 Å². The molecule has 1 amide bonds. The number of carbonyl (C=O) groups excluding carboxylic acids is 2. The molecule has 12 heteroatoms. The lowest BCUT2D eigenvalue weighted by Gasteiger charge is -2.35. The van der Waals surface area contributed by atoms with Gasteiger partial charge in [0.05, 0.1) is 6.61 Å². The van der Waals surface area contributed by atoms with Gasteiger partial charge in [-0.2, -0.15) is 5.10 Å². The number of aromatic amines is 1. The van der Waals surface area contributed by atoms with Crippen LogP contribution in [0.25, 0.3) is 0 Å². The topological polar surface area (TPSA) is 128 Å². The minimum absolute atomic E-state index is 0.0980. The minimum Gasteiger partial charge on any atom is -0.466 e. The molecule has 0 bridgehead atoms. The van der Waals surface area contributed by atoms with E-state index in [0.29, 0.717) is 29.8 Å². The first-order chi connectivity index (χ1) is 20.4. The fourth-order valence-electron chi connectivity index (χ4n) is 4.81. The molecule has 3 aromatic rings. The average molecular weight is 593 g/mol. The van der Waals surface area contributed by atoms with Gasteiger partial charge in [0.15, 0.2) is 11.0 Å². The first-order valence-corrected chi connectivity index (χ1v) is 15.7.